The minimum atomic E-state index is -0.910. The summed E-state index contributed by atoms with van der Waals surface area (Å²) in [6.45, 7) is 3.85. The number of likely N-dealkylation sites (tertiary alicyclic amines) is 1. The number of hydrogen-bond acceptors (Lipinski definition) is 5. The van der Waals surface area contributed by atoms with Crippen LogP contribution in [0.2, 0.25) is 0 Å². The van der Waals surface area contributed by atoms with Gasteiger partial charge in [-0.05, 0) is 12.8 Å². The van der Waals surface area contributed by atoms with Gasteiger partial charge in [-0.3, -0.25) is 4.79 Å². The lowest BCUT2D eigenvalue weighted by atomic mass is 10.1. The number of carbonyl (C=O) groups excluding carboxylic acids is 2. The van der Waals surface area contributed by atoms with Gasteiger partial charge >= 0.3 is 5.97 Å². The van der Waals surface area contributed by atoms with Crippen LogP contribution < -0.4 is 0 Å². The lowest BCUT2D eigenvalue weighted by Gasteiger charge is -2.27. The van der Waals surface area contributed by atoms with Crippen molar-refractivity contribution in [3.8, 4) is 0 Å². The third kappa shape index (κ3) is 3.62. The summed E-state index contributed by atoms with van der Waals surface area (Å²) < 4.78 is 0. The molecule has 0 aromatic heterocycles. The summed E-state index contributed by atoms with van der Waals surface area (Å²) in [5.74, 6) is 1.25. The van der Waals surface area contributed by atoms with Crippen LogP contribution in [0.25, 0.3) is 0 Å². The Kier molecular flexibility index (Phi) is 5.44. The van der Waals surface area contributed by atoms with Crippen molar-refractivity contribution in [2.24, 2.45) is 5.92 Å². The van der Waals surface area contributed by atoms with Gasteiger partial charge in [0.25, 0.3) is 0 Å². The predicted molar refractivity (Wildman–Crippen MR) is 68.9 cm³/mol. The van der Waals surface area contributed by atoms with Crippen LogP contribution in [0.1, 0.15) is 26.7 Å². The number of thioether (sulfide) groups is 1. The van der Waals surface area contributed by atoms with Crippen LogP contribution in [0.15, 0.2) is 5.70 Å². The molecule has 1 aliphatic heterocycles. The van der Waals surface area contributed by atoms with Crippen LogP contribution in [0.5, 0.6) is 0 Å². The maximum absolute atomic E-state index is 11.1. The molecule has 18 heavy (non-hydrogen) atoms. The first-order valence-electron chi connectivity index (χ1n) is 5.85. The van der Waals surface area contributed by atoms with E-state index < -0.39 is 12.0 Å². The van der Waals surface area contributed by atoms with Crippen LogP contribution in [0.4, 0.5) is 0 Å². The predicted octanol–water partition coefficient (Wildman–Crippen LogP) is 1.17. The molecule has 0 bridgehead atoms. The zero-order valence-corrected chi connectivity index (χ0v) is 11.3. The van der Waals surface area contributed by atoms with Crippen molar-refractivity contribution in [2.75, 3.05) is 12.3 Å². The highest BCUT2D eigenvalue weighted by molar-refractivity contribution is 8.13. The zero-order valence-electron chi connectivity index (χ0n) is 10.5. The quantitative estimate of drug-likeness (QED) is 0.756. The van der Waals surface area contributed by atoms with Crippen molar-refractivity contribution in [1.29, 1.82) is 0 Å². The van der Waals surface area contributed by atoms with E-state index in [1.54, 1.807) is 4.90 Å². The minimum Gasteiger partial charge on any atom is -0.480 e. The molecule has 0 amide bonds. The second kappa shape index (κ2) is 6.61. The maximum atomic E-state index is 11.1. The standard InChI is InChI=1S/C12H17NO4S/c1-8(7-18-9(2)15)11(6-14)13-5-3-4-10(13)12(16)17/h8,10H,3-5,7H2,1-2H3,(H,16,17)/t8?,10-/m0/s1. The van der Waals surface area contributed by atoms with Gasteiger partial charge in [0.1, 0.15) is 17.7 Å². The Bertz CT molecular complexity index is 390. The molecule has 0 aliphatic carbocycles. The van der Waals surface area contributed by atoms with Crippen molar-refractivity contribution in [1.82, 2.24) is 4.90 Å². The Morgan fingerprint density at radius 3 is 2.72 bits per heavy atom. The molecule has 1 aliphatic rings. The lowest BCUT2D eigenvalue weighted by molar-refractivity contribution is -0.141. The number of nitrogens with zero attached hydrogens (tertiary/aromatic N) is 1. The molecule has 1 unspecified atom stereocenters. The summed E-state index contributed by atoms with van der Waals surface area (Å²) in [5, 5.41) is 9.07. The van der Waals surface area contributed by atoms with E-state index in [1.165, 1.54) is 6.92 Å². The molecular formula is C12H17NO4S. The first-order chi connectivity index (χ1) is 8.47. The van der Waals surface area contributed by atoms with Crippen LogP contribution in [-0.4, -0.2) is 45.4 Å². The second-order valence-electron chi connectivity index (χ2n) is 4.38. The van der Waals surface area contributed by atoms with E-state index in [0.717, 1.165) is 18.2 Å². The van der Waals surface area contributed by atoms with Gasteiger partial charge in [0.15, 0.2) is 5.12 Å². The molecule has 0 saturated carbocycles. The van der Waals surface area contributed by atoms with E-state index >= 15 is 0 Å². The van der Waals surface area contributed by atoms with E-state index in [4.69, 9.17) is 5.11 Å². The largest absolute Gasteiger partial charge is 0.480 e. The van der Waals surface area contributed by atoms with E-state index in [2.05, 4.69) is 0 Å². The third-order valence-corrected chi connectivity index (χ3v) is 4.03. The molecule has 1 fully saturated rings. The maximum Gasteiger partial charge on any atom is 0.326 e. The fourth-order valence-electron chi connectivity index (χ4n) is 2.08. The van der Waals surface area contributed by atoms with Gasteiger partial charge in [-0.1, -0.05) is 18.7 Å². The number of carbonyl (C=O) groups is 2. The van der Waals surface area contributed by atoms with Gasteiger partial charge in [0.05, 0.1) is 0 Å². The Balaban J connectivity index is 2.74. The van der Waals surface area contributed by atoms with Crippen molar-refractivity contribution >= 4 is 28.8 Å². The van der Waals surface area contributed by atoms with Crippen molar-refractivity contribution < 1.29 is 19.5 Å². The Morgan fingerprint density at radius 1 is 1.56 bits per heavy atom. The van der Waals surface area contributed by atoms with Gasteiger partial charge in [-0.25, -0.2) is 9.59 Å². The molecule has 0 aromatic carbocycles. The fraction of sp³-hybridized carbons (Fsp3) is 0.667. The molecule has 2 atom stereocenters. The molecule has 1 saturated heterocycles. The summed E-state index contributed by atoms with van der Waals surface area (Å²) in [4.78, 5) is 34.6. The molecule has 100 valence electrons. The van der Waals surface area contributed by atoms with Crippen LogP contribution >= 0.6 is 11.8 Å². The third-order valence-electron chi connectivity index (χ3n) is 2.96. The molecule has 0 aromatic rings. The van der Waals surface area contributed by atoms with E-state index in [-0.39, 0.29) is 11.0 Å². The molecule has 6 heteroatoms. The number of aliphatic carboxylic acids is 1. The van der Waals surface area contributed by atoms with Crippen LogP contribution in [-0.2, 0) is 14.4 Å². The van der Waals surface area contributed by atoms with Crippen LogP contribution in [0, 0.1) is 5.92 Å². The molecule has 1 rings (SSSR count). The summed E-state index contributed by atoms with van der Waals surface area (Å²) in [6, 6.07) is -0.633. The topological polar surface area (TPSA) is 74.7 Å². The minimum absolute atomic E-state index is 0.0108. The highest BCUT2D eigenvalue weighted by Gasteiger charge is 2.34. The van der Waals surface area contributed by atoms with Gasteiger partial charge in [0.2, 0.25) is 0 Å². The van der Waals surface area contributed by atoms with E-state index in [1.807, 2.05) is 12.9 Å². The van der Waals surface area contributed by atoms with Gasteiger partial charge < -0.3 is 10.0 Å². The molecular weight excluding hydrogens is 254 g/mol. The summed E-state index contributed by atoms with van der Waals surface area (Å²) in [5.41, 5.74) is 0.369. The molecule has 0 radical (unpaired) electrons. The average Bonchev–Trinajstić information content (AvgIpc) is 2.76. The average molecular weight is 271 g/mol. The number of carboxylic acids is 1. The number of carboxylic acid groups (broad SMARTS) is 1. The first kappa shape index (κ1) is 14.8. The SMILES string of the molecule is CC(=O)SCC(C)C(=C=O)N1CCC[C@H]1C(=O)O. The number of allylic oxidation sites excluding steroid dienone is 1. The fourth-order valence-corrected chi connectivity index (χ4v) is 2.72. The van der Waals surface area contributed by atoms with Crippen LogP contribution in [0.3, 0.4) is 0 Å². The van der Waals surface area contributed by atoms with Crippen molar-refractivity contribution in [2.45, 2.75) is 32.7 Å². The highest BCUT2D eigenvalue weighted by Crippen LogP contribution is 2.27. The van der Waals surface area contributed by atoms with Gasteiger partial charge in [-0.15, -0.1) is 0 Å². The molecule has 5 nitrogen and oxygen atoms in total. The Morgan fingerprint density at radius 2 is 2.22 bits per heavy atom. The Hall–Kier alpha value is -1.26. The van der Waals surface area contributed by atoms with Gasteiger partial charge in [-0.2, -0.15) is 0 Å². The summed E-state index contributed by atoms with van der Waals surface area (Å²) in [6.07, 6.45) is 1.31. The highest BCUT2D eigenvalue weighted by atomic mass is 32.2. The van der Waals surface area contributed by atoms with E-state index in [9.17, 15) is 14.4 Å². The van der Waals surface area contributed by atoms with E-state index in [0.29, 0.717) is 24.4 Å². The smallest absolute Gasteiger partial charge is 0.326 e. The van der Waals surface area contributed by atoms with Crippen molar-refractivity contribution in [3.05, 3.63) is 5.70 Å². The zero-order chi connectivity index (χ0) is 13.7. The number of hydrogen-bond donors (Lipinski definition) is 1. The second-order valence-corrected chi connectivity index (χ2v) is 5.58. The molecule has 0 spiro atoms. The molecule has 1 heterocycles. The number of rotatable bonds is 5. The summed E-state index contributed by atoms with van der Waals surface area (Å²) >= 11 is 1.14. The summed E-state index contributed by atoms with van der Waals surface area (Å²) in [7, 11) is 0. The van der Waals surface area contributed by atoms with Gasteiger partial charge in [0, 0.05) is 25.1 Å². The first-order valence-corrected chi connectivity index (χ1v) is 6.83. The lowest BCUT2D eigenvalue weighted by Crippen LogP contribution is -2.37. The Labute approximate surface area is 110 Å². The normalized spacial score (nSPS) is 20.3. The van der Waals surface area contributed by atoms with Crippen molar-refractivity contribution in [3.63, 3.8) is 0 Å². The molecule has 1 N–H and O–H groups in total. The monoisotopic (exact) mass is 271 g/mol.